The molecule has 8 heteroatoms. The van der Waals surface area contributed by atoms with Gasteiger partial charge < -0.3 is 15.4 Å². The lowest BCUT2D eigenvalue weighted by atomic mass is 10.1. The zero-order valence-corrected chi connectivity index (χ0v) is 15.3. The molecule has 1 aromatic heterocycles. The second-order valence-electron chi connectivity index (χ2n) is 6.01. The van der Waals surface area contributed by atoms with Gasteiger partial charge in [-0.15, -0.1) is 0 Å². The molecule has 1 unspecified atom stereocenters. The van der Waals surface area contributed by atoms with E-state index in [0.717, 1.165) is 0 Å². The van der Waals surface area contributed by atoms with Crippen molar-refractivity contribution in [3.8, 4) is 5.75 Å². The molecule has 2 aromatic rings. The van der Waals surface area contributed by atoms with Crippen LogP contribution in [0.3, 0.4) is 0 Å². The molecule has 1 atom stereocenters. The van der Waals surface area contributed by atoms with Crippen LogP contribution < -0.4 is 15.4 Å². The molecule has 0 aliphatic rings. The molecule has 0 aliphatic carbocycles. The smallest absolute Gasteiger partial charge is 0.394 e. The number of halogens is 2. The summed E-state index contributed by atoms with van der Waals surface area (Å²) in [4.78, 5) is 27.9. The van der Waals surface area contributed by atoms with E-state index in [1.54, 1.807) is 26.0 Å². The maximum Gasteiger partial charge on any atom is 0.394 e. The predicted molar refractivity (Wildman–Crippen MR) is 96.7 cm³/mol. The number of alkyl halides is 2. The zero-order chi connectivity index (χ0) is 20.0. The van der Waals surface area contributed by atoms with Crippen LogP contribution in [0.25, 0.3) is 0 Å². The third-order valence-corrected chi connectivity index (χ3v) is 3.61. The number of benzene rings is 1. The van der Waals surface area contributed by atoms with Crippen molar-refractivity contribution in [1.29, 1.82) is 0 Å². The summed E-state index contributed by atoms with van der Waals surface area (Å²) in [6.07, 6.45) is -1.57. The normalized spacial score (nSPS) is 12.2. The number of carbonyl (C=O) groups is 2. The Bertz CT molecular complexity index is 822. The van der Waals surface area contributed by atoms with Crippen molar-refractivity contribution in [3.05, 3.63) is 53.7 Å². The molecule has 2 amide bonds. The maximum atomic E-state index is 13.0. The van der Waals surface area contributed by atoms with Crippen molar-refractivity contribution >= 4 is 17.6 Å². The van der Waals surface area contributed by atoms with Crippen molar-refractivity contribution in [2.24, 2.45) is 0 Å². The van der Waals surface area contributed by atoms with Crippen molar-refractivity contribution in [3.63, 3.8) is 0 Å². The Morgan fingerprint density at radius 3 is 2.67 bits per heavy atom. The van der Waals surface area contributed by atoms with Crippen LogP contribution in [0.4, 0.5) is 14.6 Å². The minimum absolute atomic E-state index is 0.00887. The van der Waals surface area contributed by atoms with Crippen LogP contribution in [0.15, 0.2) is 42.6 Å². The minimum Gasteiger partial charge on any atom is -0.433 e. The van der Waals surface area contributed by atoms with Crippen molar-refractivity contribution in [2.75, 3.05) is 5.32 Å². The molecule has 1 aromatic carbocycles. The van der Waals surface area contributed by atoms with Crippen LogP contribution in [0.5, 0.6) is 5.75 Å². The van der Waals surface area contributed by atoms with Crippen molar-refractivity contribution in [2.45, 2.75) is 39.3 Å². The van der Waals surface area contributed by atoms with Gasteiger partial charge in [0, 0.05) is 25.1 Å². The molecule has 27 heavy (non-hydrogen) atoms. The van der Waals surface area contributed by atoms with Gasteiger partial charge in [0.1, 0.15) is 11.6 Å². The van der Waals surface area contributed by atoms with E-state index in [2.05, 4.69) is 20.4 Å². The van der Waals surface area contributed by atoms with Gasteiger partial charge in [0.25, 0.3) is 5.91 Å². The number of hydrogen-bond acceptors (Lipinski definition) is 4. The Hall–Kier alpha value is -3.03. The lowest BCUT2D eigenvalue weighted by Gasteiger charge is -2.17. The number of hydrogen-bond donors (Lipinski definition) is 2. The van der Waals surface area contributed by atoms with Gasteiger partial charge in [-0.1, -0.05) is 19.1 Å². The SMILES string of the molecule is CCC(=O)Nc1cc(C(=O)NC(C)c2cccc(OC(C)(F)F)c2)ccn1. The molecule has 144 valence electrons. The molecule has 0 radical (unpaired) electrons. The highest BCUT2D eigenvalue weighted by Crippen LogP contribution is 2.24. The molecule has 6 nitrogen and oxygen atoms in total. The van der Waals surface area contributed by atoms with Crippen molar-refractivity contribution in [1.82, 2.24) is 10.3 Å². The maximum absolute atomic E-state index is 13.0. The van der Waals surface area contributed by atoms with Crippen LogP contribution in [-0.4, -0.2) is 22.9 Å². The summed E-state index contributed by atoms with van der Waals surface area (Å²) < 4.78 is 30.5. The van der Waals surface area contributed by atoms with E-state index in [4.69, 9.17) is 0 Å². The fourth-order valence-electron chi connectivity index (χ4n) is 2.29. The molecule has 0 spiro atoms. The first-order valence-electron chi connectivity index (χ1n) is 8.41. The number of nitrogens with zero attached hydrogens (tertiary/aromatic N) is 1. The summed E-state index contributed by atoms with van der Waals surface area (Å²) in [5.41, 5.74) is 0.925. The Balaban J connectivity index is 2.08. The van der Waals surface area contributed by atoms with Gasteiger partial charge >= 0.3 is 6.11 Å². The number of aromatic nitrogens is 1. The topological polar surface area (TPSA) is 80.3 Å². The average molecular weight is 377 g/mol. The van der Waals surface area contributed by atoms with Gasteiger partial charge in [-0.3, -0.25) is 9.59 Å². The molecular weight excluding hydrogens is 356 g/mol. The van der Waals surface area contributed by atoms with Crippen LogP contribution >= 0.6 is 0 Å². The van der Waals surface area contributed by atoms with E-state index in [-0.39, 0.29) is 23.4 Å². The van der Waals surface area contributed by atoms with E-state index in [1.165, 1.54) is 30.5 Å². The molecule has 0 saturated heterocycles. The van der Waals surface area contributed by atoms with Gasteiger partial charge in [-0.25, -0.2) is 4.98 Å². The summed E-state index contributed by atoms with van der Waals surface area (Å²) in [5, 5.41) is 5.36. The Morgan fingerprint density at radius 2 is 2.00 bits per heavy atom. The minimum atomic E-state index is -3.29. The second-order valence-corrected chi connectivity index (χ2v) is 6.01. The molecule has 0 aliphatic heterocycles. The number of amides is 2. The Labute approximate surface area is 155 Å². The number of carbonyl (C=O) groups excluding carboxylic acids is 2. The number of anilines is 1. The number of nitrogens with one attached hydrogen (secondary N) is 2. The molecule has 0 fully saturated rings. The predicted octanol–water partition coefficient (Wildman–Crippen LogP) is 3.91. The summed E-state index contributed by atoms with van der Waals surface area (Å²) in [7, 11) is 0. The molecule has 1 heterocycles. The van der Waals surface area contributed by atoms with Gasteiger partial charge in [0.15, 0.2) is 0 Å². The summed E-state index contributed by atoms with van der Waals surface area (Å²) >= 11 is 0. The second kappa shape index (κ2) is 8.57. The van der Waals surface area contributed by atoms with E-state index in [0.29, 0.717) is 24.5 Å². The first kappa shape index (κ1) is 20.3. The molecular formula is C19H21F2N3O3. The van der Waals surface area contributed by atoms with E-state index >= 15 is 0 Å². The quantitative estimate of drug-likeness (QED) is 0.767. The standard InChI is InChI=1S/C19H21F2N3O3/c1-4-17(25)24-16-11-14(8-9-22-16)18(26)23-12(2)13-6-5-7-15(10-13)27-19(3,20)21/h5-12H,4H2,1-3H3,(H,23,26)(H,22,24,25). The Kier molecular flexibility index (Phi) is 6.44. The summed E-state index contributed by atoms with van der Waals surface area (Å²) in [6, 6.07) is 8.67. The Morgan fingerprint density at radius 1 is 1.26 bits per heavy atom. The lowest BCUT2D eigenvalue weighted by Crippen LogP contribution is -2.27. The summed E-state index contributed by atoms with van der Waals surface area (Å²) in [6.45, 7) is 4.09. The molecule has 2 N–H and O–H groups in total. The average Bonchev–Trinajstić information content (AvgIpc) is 2.60. The first-order valence-corrected chi connectivity index (χ1v) is 8.41. The van der Waals surface area contributed by atoms with Gasteiger partial charge in [-0.2, -0.15) is 8.78 Å². The van der Waals surface area contributed by atoms with Crippen LogP contribution in [-0.2, 0) is 4.79 Å². The van der Waals surface area contributed by atoms with Gasteiger partial charge in [0.05, 0.1) is 6.04 Å². The third kappa shape index (κ3) is 6.32. The highest BCUT2D eigenvalue weighted by atomic mass is 19.3. The number of ether oxygens (including phenoxy) is 1. The number of pyridine rings is 1. The van der Waals surface area contributed by atoms with Crippen LogP contribution in [0.1, 0.15) is 49.2 Å². The van der Waals surface area contributed by atoms with Gasteiger partial charge in [0.2, 0.25) is 5.91 Å². The summed E-state index contributed by atoms with van der Waals surface area (Å²) in [5.74, 6) is -0.306. The monoisotopic (exact) mass is 377 g/mol. The van der Waals surface area contributed by atoms with E-state index < -0.39 is 12.2 Å². The fraction of sp³-hybridized carbons (Fsp3) is 0.316. The zero-order valence-electron chi connectivity index (χ0n) is 15.3. The molecule has 2 rings (SSSR count). The largest absolute Gasteiger partial charge is 0.433 e. The van der Waals surface area contributed by atoms with Gasteiger partial charge in [-0.05, 0) is 36.8 Å². The highest BCUT2D eigenvalue weighted by molar-refractivity contribution is 5.96. The first-order chi connectivity index (χ1) is 12.7. The third-order valence-electron chi connectivity index (χ3n) is 3.61. The number of rotatable bonds is 7. The van der Waals surface area contributed by atoms with E-state index in [9.17, 15) is 18.4 Å². The lowest BCUT2D eigenvalue weighted by molar-refractivity contribution is -0.159. The molecule has 0 bridgehead atoms. The van der Waals surface area contributed by atoms with E-state index in [1.807, 2.05) is 0 Å². The van der Waals surface area contributed by atoms with Crippen LogP contribution in [0, 0.1) is 0 Å². The molecule has 0 saturated carbocycles. The highest BCUT2D eigenvalue weighted by Gasteiger charge is 2.23. The van der Waals surface area contributed by atoms with Crippen molar-refractivity contribution < 1.29 is 23.1 Å². The fourth-order valence-corrected chi connectivity index (χ4v) is 2.29. The van der Waals surface area contributed by atoms with Crippen LogP contribution in [0.2, 0.25) is 0 Å².